The van der Waals surface area contributed by atoms with E-state index in [4.69, 9.17) is 5.73 Å². The highest BCUT2D eigenvalue weighted by Crippen LogP contribution is 2.13. The van der Waals surface area contributed by atoms with Gasteiger partial charge in [-0.2, -0.15) is 0 Å². The molecule has 0 radical (unpaired) electrons. The van der Waals surface area contributed by atoms with Gasteiger partial charge in [0.2, 0.25) is 5.91 Å². The number of rotatable bonds is 2. The van der Waals surface area contributed by atoms with E-state index in [1.807, 2.05) is 0 Å². The standard InChI is InChI=1S/C12H14F2N2O.ClH/c13-10-2-1-8(5-11(10)14)6-12(17)16-4-3-9(15)7-16;/h1-2,5,9H,3-4,6-7,15H2;1H/t9-;/m1./s1. The lowest BCUT2D eigenvalue weighted by molar-refractivity contribution is -0.129. The van der Waals surface area contributed by atoms with Crippen LogP contribution in [-0.2, 0) is 11.2 Å². The number of carbonyl (C=O) groups excluding carboxylic acids is 1. The Bertz CT molecular complexity index is 442. The second-order valence-corrected chi connectivity index (χ2v) is 4.31. The van der Waals surface area contributed by atoms with Crippen LogP contribution in [0, 0.1) is 11.6 Å². The fourth-order valence-electron chi connectivity index (χ4n) is 1.95. The molecule has 2 rings (SSSR count). The van der Waals surface area contributed by atoms with Crippen LogP contribution in [-0.4, -0.2) is 29.9 Å². The molecule has 100 valence electrons. The third-order valence-corrected chi connectivity index (χ3v) is 2.92. The second-order valence-electron chi connectivity index (χ2n) is 4.31. The SMILES string of the molecule is Cl.N[C@@H]1CCN(C(=O)Cc2ccc(F)c(F)c2)C1. The summed E-state index contributed by atoms with van der Waals surface area (Å²) in [4.78, 5) is 13.5. The number of halogens is 3. The van der Waals surface area contributed by atoms with Gasteiger partial charge < -0.3 is 10.6 Å². The van der Waals surface area contributed by atoms with Gasteiger partial charge in [-0.15, -0.1) is 12.4 Å². The van der Waals surface area contributed by atoms with Crippen molar-refractivity contribution in [3.05, 3.63) is 35.4 Å². The Labute approximate surface area is 110 Å². The molecule has 0 aliphatic carbocycles. The van der Waals surface area contributed by atoms with E-state index in [0.29, 0.717) is 18.7 Å². The minimum absolute atomic E-state index is 0. The lowest BCUT2D eigenvalue weighted by atomic mass is 10.1. The molecule has 1 fully saturated rings. The van der Waals surface area contributed by atoms with Gasteiger partial charge in [0.1, 0.15) is 0 Å². The van der Waals surface area contributed by atoms with Crippen molar-refractivity contribution in [2.24, 2.45) is 5.73 Å². The molecule has 18 heavy (non-hydrogen) atoms. The van der Waals surface area contributed by atoms with Crippen molar-refractivity contribution in [1.82, 2.24) is 4.90 Å². The van der Waals surface area contributed by atoms with Crippen LogP contribution < -0.4 is 5.73 Å². The summed E-state index contributed by atoms with van der Waals surface area (Å²) in [5.74, 6) is -1.92. The third kappa shape index (κ3) is 3.40. The van der Waals surface area contributed by atoms with Gasteiger partial charge in [-0.1, -0.05) is 6.07 Å². The second kappa shape index (κ2) is 6.11. The molecule has 1 aliphatic heterocycles. The highest BCUT2D eigenvalue weighted by atomic mass is 35.5. The molecule has 0 spiro atoms. The predicted molar refractivity (Wildman–Crippen MR) is 66.5 cm³/mol. The molecule has 2 N–H and O–H groups in total. The van der Waals surface area contributed by atoms with Crippen LogP contribution in [0.5, 0.6) is 0 Å². The van der Waals surface area contributed by atoms with Crippen molar-refractivity contribution in [2.75, 3.05) is 13.1 Å². The Morgan fingerprint density at radius 1 is 1.39 bits per heavy atom. The molecule has 0 unspecified atom stereocenters. The minimum Gasteiger partial charge on any atom is -0.341 e. The van der Waals surface area contributed by atoms with E-state index in [1.165, 1.54) is 6.07 Å². The smallest absolute Gasteiger partial charge is 0.227 e. The van der Waals surface area contributed by atoms with Gasteiger partial charge in [0.25, 0.3) is 0 Å². The first-order chi connectivity index (χ1) is 8.06. The summed E-state index contributed by atoms with van der Waals surface area (Å²) < 4.78 is 25.7. The number of likely N-dealkylation sites (tertiary alicyclic amines) is 1. The molecule has 1 saturated heterocycles. The summed E-state index contributed by atoms with van der Waals surface area (Å²) in [5.41, 5.74) is 6.18. The van der Waals surface area contributed by atoms with Gasteiger partial charge in [0.05, 0.1) is 6.42 Å². The molecule has 1 aliphatic rings. The van der Waals surface area contributed by atoms with Crippen molar-refractivity contribution in [2.45, 2.75) is 18.9 Å². The van der Waals surface area contributed by atoms with E-state index in [9.17, 15) is 13.6 Å². The molecule has 0 bridgehead atoms. The van der Waals surface area contributed by atoms with Crippen LogP contribution in [0.2, 0.25) is 0 Å². The summed E-state index contributed by atoms with van der Waals surface area (Å²) in [6.07, 6.45) is 0.882. The topological polar surface area (TPSA) is 46.3 Å². The molecule has 6 heteroatoms. The first-order valence-corrected chi connectivity index (χ1v) is 5.53. The number of benzene rings is 1. The van der Waals surface area contributed by atoms with Crippen LogP contribution >= 0.6 is 12.4 Å². The fourth-order valence-corrected chi connectivity index (χ4v) is 1.95. The molecule has 0 aromatic heterocycles. The number of nitrogens with zero attached hydrogens (tertiary/aromatic N) is 1. The van der Waals surface area contributed by atoms with Gasteiger partial charge in [0, 0.05) is 19.1 Å². The van der Waals surface area contributed by atoms with E-state index < -0.39 is 11.6 Å². The summed E-state index contributed by atoms with van der Waals surface area (Å²) in [5, 5.41) is 0. The van der Waals surface area contributed by atoms with Gasteiger partial charge in [-0.25, -0.2) is 8.78 Å². The quantitative estimate of drug-likeness (QED) is 0.890. The number of nitrogens with two attached hydrogens (primary N) is 1. The molecule has 1 amide bonds. The maximum absolute atomic E-state index is 12.9. The highest BCUT2D eigenvalue weighted by molar-refractivity contribution is 5.85. The molecule has 1 aromatic rings. The average Bonchev–Trinajstić information content (AvgIpc) is 2.70. The largest absolute Gasteiger partial charge is 0.341 e. The first-order valence-electron chi connectivity index (χ1n) is 5.53. The van der Waals surface area contributed by atoms with Crippen LogP contribution in [0.25, 0.3) is 0 Å². The molecule has 1 heterocycles. The van der Waals surface area contributed by atoms with E-state index in [0.717, 1.165) is 18.6 Å². The molecular formula is C12H15ClF2N2O. The van der Waals surface area contributed by atoms with Crippen molar-refractivity contribution in [3.8, 4) is 0 Å². The van der Waals surface area contributed by atoms with Gasteiger partial charge in [-0.05, 0) is 24.1 Å². The highest BCUT2D eigenvalue weighted by Gasteiger charge is 2.23. The van der Waals surface area contributed by atoms with E-state index in [2.05, 4.69) is 0 Å². The molecule has 1 aromatic carbocycles. The summed E-state index contributed by atoms with van der Waals surface area (Å²) >= 11 is 0. The summed E-state index contributed by atoms with van der Waals surface area (Å²) in [6, 6.07) is 3.55. The lowest BCUT2D eigenvalue weighted by Crippen LogP contribution is -2.32. The van der Waals surface area contributed by atoms with Crippen LogP contribution in [0.3, 0.4) is 0 Å². The Kier molecular flexibility index (Phi) is 5.04. The Morgan fingerprint density at radius 3 is 2.67 bits per heavy atom. The van der Waals surface area contributed by atoms with Crippen molar-refractivity contribution >= 4 is 18.3 Å². The molecule has 1 atom stereocenters. The van der Waals surface area contributed by atoms with Crippen LogP contribution in [0.4, 0.5) is 8.78 Å². The van der Waals surface area contributed by atoms with E-state index >= 15 is 0 Å². The lowest BCUT2D eigenvalue weighted by Gasteiger charge is -2.15. The number of hydrogen-bond donors (Lipinski definition) is 1. The summed E-state index contributed by atoms with van der Waals surface area (Å²) in [7, 11) is 0. The normalized spacial score (nSPS) is 18.6. The zero-order valence-electron chi connectivity index (χ0n) is 9.73. The van der Waals surface area contributed by atoms with E-state index in [1.54, 1.807) is 4.90 Å². The monoisotopic (exact) mass is 276 g/mol. The Morgan fingerprint density at radius 2 is 2.11 bits per heavy atom. The average molecular weight is 277 g/mol. The van der Waals surface area contributed by atoms with Crippen molar-refractivity contribution < 1.29 is 13.6 Å². The maximum Gasteiger partial charge on any atom is 0.227 e. The zero-order valence-corrected chi connectivity index (χ0v) is 10.6. The van der Waals surface area contributed by atoms with Gasteiger partial charge in [-0.3, -0.25) is 4.79 Å². The zero-order chi connectivity index (χ0) is 12.4. The third-order valence-electron chi connectivity index (χ3n) is 2.92. The van der Waals surface area contributed by atoms with Crippen molar-refractivity contribution in [1.29, 1.82) is 0 Å². The molecular weight excluding hydrogens is 262 g/mol. The minimum atomic E-state index is -0.923. The number of hydrogen-bond acceptors (Lipinski definition) is 2. The number of carbonyl (C=O) groups is 1. The Balaban J connectivity index is 0.00000162. The maximum atomic E-state index is 12.9. The Hall–Kier alpha value is -1.20. The number of amides is 1. The summed E-state index contributed by atoms with van der Waals surface area (Å²) in [6.45, 7) is 1.19. The first kappa shape index (κ1) is 14.9. The van der Waals surface area contributed by atoms with Gasteiger partial charge in [0.15, 0.2) is 11.6 Å². The molecule has 0 saturated carbocycles. The van der Waals surface area contributed by atoms with Crippen molar-refractivity contribution in [3.63, 3.8) is 0 Å². The predicted octanol–water partition coefficient (Wildman–Crippen LogP) is 1.49. The van der Waals surface area contributed by atoms with Crippen LogP contribution in [0.15, 0.2) is 18.2 Å². The molecule has 3 nitrogen and oxygen atoms in total. The van der Waals surface area contributed by atoms with Crippen LogP contribution in [0.1, 0.15) is 12.0 Å². The van der Waals surface area contributed by atoms with Gasteiger partial charge >= 0.3 is 0 Å². The van der Waals surface area contributed by atoms with E-state index in [-0.39, 0.29) is 30.8 Å². The fraction of sp³-hybridized carbons (Fsp3) is 0.417.